The Bertz CT molecular complexity index is 1090. The number of allylic oxidation sites excluding steroid dienone is 2. The summed E-state index contributed by atoms with van der Waals surface area (Å²) in [4.78, 5) is 26.5. The van der Waals surface area contributed by atoms with Crippen molar-refractivity contribution in [3.8, 4) is 0 Å². The second-order valence-electron chi connectivity index (χ2n) is 8.61. The molecule has 0 radical (unpaired) electrons. The van der Waals surface area contributed by atoms with E-state index in [0.29, 0.717) is 34.7 Å². The summed E-state index contributed by atoms with van der Waals surface area (Å²) in [7, 11) is 0. The van der Waals surface area contributed by atoms with Crippen molar-refractivity contribution in [1.29, 1.82) is 0 Å². The van der Waals surface area contributed by atoms with Gasteiger partial charge in [0, 0.05) is 34.3 Å². The van der Waals surface area contributed by atoms with E-state index >= 15 is 0 Å². The van der Waals surface area contributed by atoms with Gasteiger partial charge in [-0.05, 0) is 61.6 Å². The highest BCUT2D eigenvalue weighted by atomic mass is 35.5. The molecule has 2 aromatic carbocycles. The molecule has 4 nitrogen and oxygen atoms in total. The van der Waals surface area contributed by atoms with Crippen molar-refractivity contribution in [1.82, 2.24) is 5.32 Å². The van der Waals surface area contributed by atoms with Crippen LogP contribution in [-0.4, -0.2) is 17.9 Å². The van der Waals surface area contributed by atoms with E-state index < -0.39 is 17.8 Å². The molecule has 0 saturated carbocycles. The lowest BCUT2D eigenvalue weighted by atomic mass is 9.69. The van der Waals surface area contributed by atoms with E-state index in [1.54, 1.807) is 26.0 Å². The van der Waals surface area contributed by atoms with Crippen LogP contribution in [0.3, 0.4) is 0 Å². The van der Waals surface area contributed by atoms with Gasteiger partial charge in [0.25, 0.3) is 0 Å². The Morgan fingerprint density at radius 3 is 2.34 bits per heavy atom. The average molecular weight is 454 g/mol. The number of carbonyl (C=O) groups is 2. The van der Waals surface area contributed by atoms with Crippen LogP contribution in [-0.2, 0) is 14.3 Å². The van der Waals surface area contributed by atoms with Crippen molar-refractivity contribution in [3.63, 3.8) is 0 Å². The van der Waals surface area contributed by atoms with Gasteiger partial charge in [0.05, 0.1) is 6.10 Å². The molecule has 32 heavy (non-hydrogen) atoms. The minimum atomic E-state index is -0.780. The lowest BCUT2D eigenvalue weighted by Crippen LogP contribution is -2.42. The number of halogens is 2. The molecule has 3 atom stereocenters. The number of esters is 1. The van der Waals surface area contributed by atoms with E-state index in [2.05, 4.69) is 11.9 Å². The largest absolute Gasteiger partial charge is 0.462 e. The summed E-state index contributed by atoms with van der Waals surface area (Å²) in [6, 6.07) is 13.4. The average Bonchev–Trinajstić information content (AvgIpc) is 2.73. The normalized spacial score (nSPS) is 23.1. The minimum Gasteiger partial charge on any atom is -0.462 e. The van der Waals surface area contributed by atoms with Crippen LogP contribution in [0.5, 0.6) is 0 Å². The molecule has 3 unspecified atom stereocenters. The van der Waals surface area contributed by atoms with E-state index in [9.17, 15) is 14.0 Å². The molecule has 0 bridgehead atoms. The summed E-state index contributed by atoms with van der Waals surface area (Å²) >= 11 is 6.02. The Morgan fingerprint density at radius 1 is 1.09 bits per heavy atom. The number of hydrogen-bond donors (Lipinski definition) is 1. The number of ether oxygens (including phenoxy) is 1. The molecule has 4 rings (SSSR count). The van der Waals surface area contributed by atoms with Crippen molar-refractivity contribution in [2.45, 2.75) is 44.6 Å². The van der Waals surface area contributed by atoms with Crippen molar-refractivity contribution >= 4 is 23.4 Å². The zero-order valence-electron chi connectivity index (χ0n) is 18.0. The van der Waals surface area contributed by atoms with Crippen LogP contribution in [0.25, 0.3) is 0 Å². The number of Topliss-reactive ketones (excluding diaryl/α,β-unsaturated/α-hetero) is 1. The summed E-state index contributed by atoms with van der Waals surface area (Å²) in [5.74, 6) is -2.24. The van der Waals surface area contributed by atoms with Crippen molar-refractivity contribution in [2.24, 2.45) is 5.92 Å². The van der Waals surface area contributed by atoms with Crippen LogP contribution in [0, 0.1) is 11.7 Å². The Kier molecular flexibility index (Phi) is 6.20. The first-order valence-corrected chi connectivity index (χ1v) is 11.1. The molecule has 2 aliphatic rings. The summed E-state index contributed by atoms with van der Waals surface area (Å²) in [5.41, 5.74) is 3.51. The molecule has 0 amide bonds. The second-order valence-corrected chi connectivity index (χ2v) is 9.05. The summed E-state index contributed by atoms with van der Waals surface area (Å²) < 4.78 is 19.1. The quantitative estimate of drug-likeness (QED) is 0.608. The first-order valence-electron chi connectivity index (χ1n) is 10.7. The van der Waals surface area contributed by atoms with E-state index in [0.717, 1.165) is 11.3 Å². The smallest absolute Gasteiger partial charge is 0.316 e. The third-order valence-corrected chi connectivity index (χ3v) is 6.27. The molecule has 1 aliphatic heterocycles. The third-order valence-electron chi connectivity index (χ3n) is 6.02. The predicted molar refractivity (Wildman–Crippen MR) is 122 cm³/mol. The Labute approximate surface area is 192 Å². The molecular formula is C26H25ClFNO3. The topological polar surface area (TPSA) is 55.4 Å². The highest BCUT2D eigenvalue weighted by molar-refractivity contribution is 6.30. The molecular weight excluding hydrogens is 429 g/mol. The van der Waals surface area contributed by atoms with Gasteiger partial charge in [-0.2, -0.15) is 0 Å². The number of ketones is 1. The molecule has 1 heterocycles. The Balaban J connectivity index is 1.77. The van der Waals surface area contributed by atoms with E-state index in [1.165, 1.54) is 12.1 Å². The van der Waals surface area contributed by atoms with Crippen LogP contribution in [0.1, 0.15) is 49.7 Å². The highest BCUT2D eigenvalue weighted by Gasteiger charge is 2.45. The van der Waals surface area contributed by atoms with Gasteiger partial charge in [0.15, 0.2) is 5.78 Å². The maximum Gasteiger partial charge on any atom is 0.316 e. The fourth-order valence-electron chi connectivity index (χ4n) is 4.63. The molecule has 0 aromatic heterocycles. The van der Waals surface area contributed by atoms with Crippen LogP contribution in [0.2, 0.25) is 5.02 Å². The number of rotatable bonds is 4. The third kappa shape index (κ3) is 4.35. The van der Waals surface area contributed by atoms with Crippen LogP contribution in [0.4, 0.5) is 4.39 Å². The Hall–Kier alpha value is -2.92. The predicted octanol–water partition coefficient (Wildman–Crippen LogP) is 5.65. The van der Waals surface area contributed by atoms with Gasteiger partial charge in [-0.1, -0.05) is 42.4 Å². The van der Waals surface area contributed by atoms with Gasteiger partial charge in [0.2, 0.25) is 0 Å². The van der Waals surface area contributed by atoms with Gasteiger partial charge in [-0.3, -0.25) is 9.59 Å². The fourth-order valence-corrected chi connectivity index (χ4v) is 4.76. The minimum absolute atomic E-state index is 0.00755. The molecule has 1 N–H and O–H groups in total. The maximum atomic E-state index is 13.6. The molecule has 1 aliphatic carbocycles. The Morgan fingerprint density at radius 2 is 1.72 bits per heavy atom. The maximum absolute atomic E-state index is 13.6. The molecule has 166 valence electrons. The number of nitrogens with one attached hydrogen (secondary N) is 1. The van der Waals surface area contributed by atoms with Gasteiger partial charge in [-0.25, -0.2) is 4.39 Å². The monoisotopic (exact) mass is 453 g/mol. The standard InChI is InChI=1S/C26H25ClFNO3/c1-14(2)32-26(31)23-15(3)29-21-12-18(16-4-8-19(27)9-5-16)13-22(30)25(21)24(23)17-6-10-20(28)11-7-17/h4-11,14,18,23-24,29H,3,12-13H2,1-2H3. The highest BCUT2D eigenvalue weighted by Crippen LogP contribution is 2.47. The summed E-state index contributed by atoms with van der Waals surface area (Å²) in [6.45, 7) is 7.64. The van der Waals surface area contributed by atoms with Crippen LogP contribution >= 0.6 is 11.6 Å². The number of benzene rings is 2. The molecule has 6 heteroatoms. The first kappa shape index (κ1) is 22.3. The number of carbonyl (C=O) groups excluding carboxylic acids is 2. The van der Waals surface area contributed by atoms with Crippen LogP contribution in [0.15, 0.2) is 72.1 Å². The first-order chi connectivity index (χ1) is 15.2. The summed E-state index contributed by atoms with van der Waals surface area (Å²) in [6.07, 6.45) is 0.611. The molecule has 2 aromatic rings. The van der Waals surface area contributed by atoms with E-state index in [1.807, 2.05) is 24.3 Å². The lowest BCUT2D eigenvalue weighted by Gasteiger charge is -2.40. The van der Waals surface area contributed by atoms with Crippen molar-refractivity contribution in [2.75, 3.05) is 0 Å². The second kappa shape index (κ2) is 8.91. The van der Waals surface area contributed by atoms with Crippen LogP contribution < -0.4 is 5.32 Å². The summed E-state index contributed by atoms with van der Waals surface area (Å²) in [5, 5.41) is 3.88. The van der Waals surface area contributed by atoms with E-state index in [4.69, 9.17) is 16.3 Å². The molecule has 0 fully saturated rings. The SMILES string of the molecule is C=C1NC2=C(C(=O)CC(c3ccc(Cl)cc3)C2)C(c2ccc(F)cc2)C1C(=O)OC(C)C. The zero-order valence-corrected chi connectivity index (χ0v) is 18.8. The lowest BCUT2D eigenvalue weighted by molar-refractivity contribution is -0.151. The molecule has 0 spiro atoms. The van der Waals surface area contributed by atoms with Gasteiger partial charge in [0.1, 0.15) is 11.7 Å². The van der Waals surface area contributed by atoms with E-state index in [-0.39, 0.29) is 23.6 Å². The van der Waals surface area contributed by atoms with Crippen molar-refractivity contribution < 1.29 is 18.7 Å². The number of hydrogen-bond acceptors (Lipinski definition) is 4. The fraction of sp³-hybridized carbons (Fsp3) is 0.308. The zero-order chi connectivity index (χ0) is 23.0. The van der Waals surface area contributed by atoms with Crippen molar-refractivity contribution in [3.05, 3.63) is 94.0 Å². The van der Waals surface area contributed by atoms with Gasteiger partial charge < -0.3 is 10.1 Å². The molecule has 0 saturated heterocycles. The van der Waals surface area contributed by atoms with Gasteiger partial charge >= 0.3 is 5.97 Å². The van der Waals surface area contributed by atoms with Gasteiger partial charge in [-0.15, -0.1) is 0 Å².